The van der Waals surface area contributed by atoms with Crippen LogP contribution in [0.1, 0.15) is 6.92 Å². The number of sulfonamides is 2. The highest BCUT2D eigenvalue weighted by Crippen LogP contribution is 2.21. The summed E-state index contributed by atoms with van der Waals surface area (Å²) in [5, 5.41) is 1.64. The monoisotopic (exact) mass is 360 g/mol. The van der Waals surface area contributed by atoms with Crippen molar-refractivity contribution < 1.29 is 21.6 Å². The maximum atomic E-state index is 12.0. The van der Waals surface area contributed by atoms with Gasteiger partial charge in [-0.2, -0.15) is 0 Å². The molecule has 0 aliphatic carbocycles. The van der Waals surface area contributed by atoms with Crippen LogP contribution in [-0.2, 0) is 24.8 Å². The SMILES string of the molecule is CC(=O)NS(=O)(=O)c1ccc(NS(=O)(=O)c2cccs2)cc1. The Morgan fingerprint density at radius 2 is 1.64 bits per heavy atom. The summed E-state index contributed by atoms with van der Waals surface area (Å²) in [6.45, 7) is 1.08. The molecule has 0 spiro atoms. The summed E-state index contributed by atoms with van der Waals surface area (Å²) in [5.41, 5.74) is 0.218. The van der Waals surface area contributed by atoms with Crippen molar-refractivity contribution in [1.82, 2.24) is 4.72 Å². The summed E-state index contributed by atoms with van der Waals surface area (Å²) in [6, 6.07) is 8.10. The second-order valence-electron chi connectivity index (χ2n) is 4.22. The second kappa shape index (κ2) is 6.07. The lowest BCUT2D eigenvalue weighted by Gasteiger charge is -2.08. The molecule has 0 aliphatic heterocycles. The highest BCUT2D eigenvalue weighted by molar-refractivity contribution is 7.94. The fourth-order valence-electron chi connectivity index (χ4n) is 1.57. The molecule has 2 N–H and O–H groups in total. The van der Waals surface area contributed by atoms with Gasteiger partial charge in [-0.15, -0.1) is 11.3 Å². The lowest BCUT2D eigenvalue weighted by atomic mass is 10.3. The van der Waals surface area contributed by atoms with E-state index in [1.807, 2.05) is 4.72 Å². The maximum absolute atomic E-state index is 12.0. The lowest BCUT2D eigenvalue weighted by Crippen LogP contribution is -2.28. The van der Waals surface area contributed by atoms with Crippen LogP contribution in [0.5, 0.6) is 0 Å². The van der Waals surface area contributed by atoms with Gasteiger partial charge < -0.3 is 0 Å². The predicted octanol–water partition coefficient (Wildman–Crippen LogP) is 1.37. The van der Waals surface area contributed by atoms with E-state index in [1.165, 1.54) is 30.3 Å². The minimum absolute atomic E-state index is 0.137. The van der Waals surface area contributed by atoms with Gasteiger partial charge in [0, 0.05) is 12.6 Å². The molecular formula is C12H12N2O5S3. The van der Waals surface area contributed by atoms with Crippen LogP contribution in [0.4, 0.5) is 5.69 Å². The number of rotatable bonds is 5. The number of carbonyl (C=O) groups excluding carboxylic acids is 1. The first-order valence-electron chi connectivity index (χ1n) is 5.90. The number of nitrogens with one attached hydrogen (secondary N) is 2. The highest BCUT2D eigenvalue weighted by Gasteiger charge is 2.17. The first kappa shape index (κ1) is 16.5. The first-order valence-corrected chi connectivity index (χ1v) is 9.75. The Bertz CT molecular complexity index is 869. The van der Waals surface area contributed by atoms with Gasteiger partial charge in [0.15, 0.2) is 0 Å². The topological polar surface area (TPSA) is 109 Å². The van der Waals surface area contributed by atoms with E-state index in [1.54, 1.807) is 11.4 Å². The minimum atomic E-state index is -3.94. The Hall–Kier alpha value is -1.91. The van der Waals surface area contributed by atoms with Crippen molar-refractivity contribution in [2.24, 2.45) is 0 Å². The minimum Gasteiger partial charge on any atom is -0.279 e. The summed E-state index contributed by atoms with van der Waals surface area (Å²) in [7, 11) is -7.63. The third-order valence-corrected chi connectivity index (χ3v) is 6.68. The van der Waals surface area contributed by atoms with Gasteiger partial charge in [-0.25, -0.2) is 21.6 Å². The zero-order valence-electron chi connectivity index (χ0n) is 11.3. The highest BCUT2D eigenvalue weighted by atomic mass is 32.2. The number of thiophene rings is 1. The molecule has 0 unspecified atom stereocenters. The van der Waals surface area contributed by atoms with E-state index in [-0.39, 0.29) is 14.8 Å². The Morgan fingerprint density at radius 3 is 2.14 bits per heavy atom. The van der Waals surface area contributed by atoms with Crippen LogP contribution in [0.25, 0.3) is 0 Å². The van der Waals surface area contributed by atoms with Crippen molar-refractivity contribution in [3.05, 3.63) is 41.8 Å². The Kier molecular flexibility index (Phi) is 4.54. The molecule has 0 aliphatic rings. The van der Waals surface area contributed by atoms with E-state index in [9.17, 15) is 21.6 Å². The number of anilines is 1. The van der Waals surface area contributed by atoms with E-state index >= 15 is 0 Å². The van der Waals surface area contributed by atoms with Gasteiger partial charge in [0.05, 0.1) is 4.90 Å². The van der Waals surface area contributed by atoms with Crippen LogP contribution in [0.15, 0.2) is 50.9 Å². The van der Waals surface area contributed by atoms with Crippen LogP contribution in [0, 0.1) is 0 Å². The van der Waals surface area contributed by atoms with Gasteiger partial charge in [0.2, 0.25) is 5.91 Å². The fourth-order valence-corrected chi connectivity index (χ4v) is 4.61. The van der Waals surface area contributed by atoms with E-state index in [2.05, 4.69) is 4.72 Å². The normalized spacial score (nSPS) is 11.9. The average molecular weight is 360 g/mol. The van der Waals surface area contributed by atoms with Gasteiger partial charge >= 0.3 is 0 Å². The molecule has 2 aromatic rings. The Morgan fingerprint density at radius 1 is 1.00 bits per heavy atom. The molecule has 1 aromatic heterocycles. The van der Waals surface area contributed by atoms with Crippen LogP contribution in [-0.4, -0.2) is 22.7 Å². The molecule has 118 valence electrons. The summed E-state index contributed by atoms with van der Waals surface area (Å²) in [6.07, 6.45) is 0. The molecule has 0 bridgehead atoms. The second-order valence-corrected chi connectivity index (χ2v) is 8.76. The molecule has 2 rings (SSSR count). The van der Waals surface area contributed by atoms with Crippen molar-refractivity contribution in [2.75, 3.05) is 4.72 Å². The van der Waals surface area contributed by atoms with Crippen LogP contribution >= 0.6 is 11.3 Å². The van der Waals surface area contributed by atoms with Gasteiger partial charge in [-0.3, -0.25) is 9.52 Å². The molecule has 1 heterocycles. The quantitative estimate of drug-likeness (QED) is 0.837. The predicted molar refractivity (Wildman–Crippen MR) is 82.6 cm³/mol. The van der Waals surface area contributed by atoms with Crippen molar-refractivity contribution in [2.45, 2.75) is 16.0 Å². The molecular weight excluding hydrogens is 348 g/mol. The lowest BCUT2D eigenvalue weighted by molar-refractivity contribution is -0.117. The molecule has 0 radical (unpaired) electrons. The molecule has 0 saturated heterocycles. The number of hydrogen-bond donors (Lipinski definition) is 2. The van der Waals surface area contributed by atoms with E-state index in [4.69, 9.17) is 0 Å². The third kappa shape index (κ3) is 3.84. The van der Waals surface area contributed by atoms with E-state index in [0.717, 1.165) is 18.3 Å². The number of hydrogen-bond acceptors (Lipinski definition) is 6. The Labute approximate surface area is 132 Å². The van der Waals surface area contributed by atoms with Gasteiger partial charge in [-0.1, -0.05) is 6.07 Å². The average Bonchev–Trinajstić information content (AvgIpc) is 2.92. The zero-order chi connectivity index (χ0) is 16.4. The van der Waals surface area contributed by atoms with Crippen molar-refractivity contribution in [3.63, 3.8) is 0 Å². The fraction of sp³-hybridized carbons (Fsp3) is 0.0833. The van der Waals surface area contributed by atoms with Crippen LogP contribution in [0.3, 0.4) is 0 Å². The molecule has 1 aromatic carbocycles. The largest absolute Gasteiger partial charge is 0.279 e. The van der Waals surface area contributed by atoms with Crippen LogP contribution in [0.2, 0.25) is 0 Å². The molecule has 0 saturated carbocycles. The molecule has 7 nitrogen and oxygen atoms in total. The number of carbonyl (C=O) groups is 1. The number of benzene rings is 1. The number of amides is 1. The zero-order valence-corrected chi connectivity index (χ0v) is 13.8. The summed E-state index contributed by atoms with van der Waals surface area (Å²) >= 11 is 1.07. The van der Waals surface area contributed by atoms with Gasteiger partial charge in [-0.05, 0) is 35.7 Å². The molecule has 22 heavy (non-hydrogen) atoms. The van der Waals surface area contributed by atoms with Gasteiger partial charge in [0.1, 0.15) is 4.21 Å². The third-order valence-electron chi connectivity index (χ3n) is 2.45. The molecule has 0 fully saturated rings. The van der Waals surface area contributed by atoms with Crippen LogP contribution < -0.4 is 9.44 Å². The molecule has 10 heteroatoms. The maximum Gasteiger partial charge on any atom is 0.271 e. The standard InChI is InChI=1S/C12H12N2O5S3/c1-9(15)13-21(16,17)11-6-4-10(5-7-11)14-22(18,19)12-3-2-8-20-12/h2-8,14H,1H3,(H,13,15). The van der Waals surface area contributed by atoms with Gasteiger partial charge in [0.25, 0.3) is 20.0 Å². The molecule has 0 atom stereocenters. The van der Waals surface area contributed by atoms with Crippen molar-refractivity contribution in [3.8, 4) is 0 Å². The summed E-state index contributed by atoms with van der Waals surface area (Å²) in [5.74, 6) is -0.706. The van der Waals surface area contributed by atoms with E-state index < -0.39 is 26.0 Å². The smallest absolute Gasteiger partial charge is 0.271 e. The van der Waals surface area contributed by atoms with Crippen molar-refractivity contribution in [1.29, 1.82) is 0 Å². The molecule has 1 amide bonds. The summed E-state index contributed by atoms with van der Waals surface area (Å²) < 4.78 is 51.9. The first-order chi connectivity index (χ1) is 10.2. The van der Waals surface area contributed by atoms with Crippen molar-refractivity contribution >= 4 is 43.0 Å². The Balaban J connectivity index is 2.22. The van der Waals surface area contributed by atoms with E-state index in [0.29, 0.717) is 0 Å². The summed E-state index contributed by atoms with van der Waals surface area (Å²) in [4.78, 5) is 10.7.